The Hall–Kier alpha value is -4.57. The normalized spacial score (nSPS) is 14.4. The summed E-state index contributed by atoms with van der Waals surface area (Å²) >= 11 is 17.5. The van der Waals surface area contributed by atoms with Crippen molar-refractivity contribution in [2.24, 2.45) is 0 Å². The van der Waals surface area contributed by atoms with Crippen molar-refractivity contribution >= 4 is 86.3 Å². The van der Waals surface area contributed by atoms with E-state index in [1.807, 2.05) is 0 Å². The molecule has 0 aliphatic carbocycles. The number of carbonyl (C=O) groups excluding carboxylic acids is 5. The van der Waals surface area contributed by atoms with Crippen molar-refractivity contribution < 1.29 is 46.3 Å². The van der Waals surface area contributed by atoms with Crippen LogP contribution in [0.2, 0.25) is 10.0 Å². The summed E-state index contributed by atoms with van der Waals surface area (Å²) in [6.07, 6.45) is 1.18. The lowest BCUT2D eigenvalue weighted by molar-refractivity contribution is -0.187. The molecule has 2 N–H and O–H groups in total. The van der Waals surface area contributed by atoms with E-state index in [9.17, 15) is 32.4 Å². The number of nitrogens with zero attached hydrogens (tertiary/aromatic N) is 1. The number of fused-ring (bicyclic) bond motifs is 2. The molecule has 0 saturated heterocycles. The predicted molar refractivity (Wildman–Crippen MR) is 199 cm³/mol. The van der Waals surface area contributed by atoms with Crippen molar-refractivity contribution in [2.75, 3.05) is 18.6 Å². The highest BCUT2D eigenvalue weighted by Crippen LogP contribution is 2.35. The first kappa shape index (κ1) is 39.6. The summed E-state index contributed by atoms with van der Waals surface area (Å²) in [6.45, 7) is 2.94. The number of esters is 2. The van der Waals surface area contributed by atoms with Gasteiger partial charge in [-0.1, -0.05) is 41.4 Å². The molecular weight excluding hydrogens is 769 g/mol. The number of ether oxygens (including phenoxy) is 2. The second kappa shape index (κ2) is 16.6. The van der Waals surface area contributed by atoms with Crippen LogP contribution in [0.25, 0.3) is 11.0 Å². The second-order valence-electron chi connectivity index (χ2n) is 12.4. The number of benzene rings is 3. The quantitative estimate of drug-likeness (QED) is 0.105. The molecule has 53 heavy (non-hydrogen) atoms. The maximum absolute atomic E-state index is 13.8. The molecule has 4 aromatic rings. The van der Waals surface area contributed by atoms with Gasteiger partial charge in [-0.15, -0.1) is 0 Å². The molecule has 17 heteroatoms. The van der Waals surface area contributed by atoms with Gasteiger partial charge < -0.3 is 29.4 Å². The lowest BCUT2D eigenvalue weighted by Gasteiger charge is -2.30. The molecule has 0 fully saturated rings. The van der Waals surface area contributed by atoms with Gasteiger partial charge in [-0.2, -0.15) is 12.6 Å². The van der Waals surface area contributed by atoms with E-state index in [0.29, 0.717) is 40.8 Å². The van der Waals surface area contributed by atoms with Gasteiger partial charge in [0.1, 0.15) is 17.7 Å². The number of hydrogen-bond donors (Lipinski definition) is 3. The highest BCUT2D eigenvalue weighted by Gasteiger charge is 2.32. The summed E-state index contributed by atoms with van der Waals surface area (Å²) < 4.78 is 40.4. The Balaban J connectivity index is 1.36. The van der Waals surface area contributed by atoms with Crippen LogP contribution in [0.15, 0.2) is 70.2 Å². The Morgan fingerprint density at radius 1 is 0.981 bits per heavy atom. The first-order valence-corrected chi connectivity index (χ1v) is 19.5. The number of sulfone groups is 1. The SMILES string of the molecule is CC(=O)N[C@@H](CS)C(=O)OC(C)OC(=O)[C@H](Cc1cccc(S(C)(=O)=O)c1)NC(=O)c1c(Cl)cc2c(c1Cl)CCN(C(=O)c1ccc3ccoc3c1)C2. The number of rotatable bonds is 12. The zero-order valence-electron chi connectivity index (χ0n) is 28.7. The van der Waals surface area contributed by atoms with E-state index in [2.05, 4.69) is 23.3 Å². The molecule has 0 bridgehead atoms. The van der Waals surface area contributed by atoms with Crippen LogP contribution in [0.3, 0.4) is 0 Å². The monoisotopic (exact) mass is 803 g/mol. The Kier molecular flexibility index (Phi) is 12.4. The largest absolute Gasteiger partial charge is 0.464 e. The average Bonchev–Trinajstić information content (AvgIpc) is 3.57. The number of amides is 3. The second-order valence-corrected chi connectivity index (χ2v) is 15.5. The molecule has 1 aromatic heterocycles. The van der Waals surface area contributed by atoms with Crippen molar-refractivity contribution in [3.05, 3.63) is 98.7 Å². The number of furan rings is 1. The fraction of sp³-hybridized carbons (Fsp3) is 0.306. The molecule has 13 nitrogen and oxygen atoms in total. The van der Waals surface area contributed by atoms with Crippen LogP contribution in [-0.2, 0) is 53.1 Å². The molecule has 1 aliphatic rings. The third-order valence-electron chi connectivity index (χ3n) is 8.39. The van der Waals surface area contributed by atoms with E-state index in [1.165, 1.54) is 32.0 Å². The molecular formula is C36H35Cl2N3O10S2. The lowest BCUT2D eigenvalue weighted by Crippen LogP contribution is -2.46. The van der Waals surface area contributed by atoms with Crippen LogP contribution in [0.5, 0.6) is 0 Å². The summed E-state index contributed by atoms with van der Waals surface area (Å²) in [7, 11) is -3.61. The van der Waals surface area contributed by atoms with Gasteiger partial charge in [0, 0.05) is 56.3 Å². The average molecular weight is 805 g/mol. The zero-order chi connectivity index (χ0) is 38.6. The number of carbonyl (C=O) groups is 5. The number of nitrogens with one attached hydrogen (secondary N) is 2. The fourth-order valence-electron chi connectivity index (χ4n) is 5.81. The maximum atomic E-state index is 13.8. The van der Waals surface area contributed by atoms with Crippen LogP contribution in [0.1, 0.15) is 51.3 Å². The van der Waals surface area contributed by atoms with E-state index in [-0.39, 0.29) is 45.1 Å². The van der Waals surface area contributed by atoms with E-state index < -0.39 is 52.0 Å². The first-order valence-electron chi connectivity index (χ1n) is 16.2. The first-order chi connectivity index (χ1) is 25.0. The third-order valence-corrected chi connectivity index (χ3v) is 10.6. The minimum Gasteiger partial charge on any atom is -0.464 e. The molecule has 1 aliphatic heterocycles. The van der Waals surface area contributed by atoms with E-state index >= 15 is 0 Å². The van der Waals surface area contributed by atoms with Gasteiger partial charge in [0.25, 0.3) is 11.8 Å². The topological polar surface area (TPSA) is 178 Å². The number of hydrogen-bond acceptors (Lipinski definition) is 11. The molecule has 0 spiro atoms. The summed E-state index contributed by atoms with van der Waals surface area (Å²) in [5.74, 6) is -3.59. The Bertz CT molecular complexity index is 2210. The molecule has 3 amide bonds. The zero-order valence-corrected chi connectivity index (χ0v) is 31.9. The molecule has 0 saturated carbocycles. The summed E-state index contributed by atoms with van der Waals surface area (Å²) in [5, 5.41) is 5.83. The minimum absolute atomic E-state index is 0.0127. The van der Waals surface area contributed by atoms with Crippen molar-refractivity contribution in [1.82, 2.24) is 15.5 Å². The van der Waals surface area contributed by atoms with Gasteiger partial charge in [-0.25, -0.2) is 18.0 Å². The van der Waals surface area contributed by atoms with Crippen molar-refractivity contribution in [2.45, 2.75) is 56.5 Å². The van der Waals surface area contributed by atoms with Gasteiger partial charge in [0.15, 0.2) is 9.84 Å². The smallest absolute Gasteiger partial charge is 0.332 e. The summed E-state index contributed by atoms with van der Waals surface area (Å²) in [5.41, 5.74) is 2.51. The molecule has 5 rings (SSSR count). The Morgan fingerprint density at radius 3 is 2.38 bits per heavy atom. The van der Waals surface area contributed by atoms with E-state index in [0.717, 1.165) is 11.6 Å². The predicted octanol–water partition coefficient (Wildman–Crippen LogP) is 4.55. The molecule has 280 valence electrons. The molecule has 1 unspecified atom stereocenters. The third kappa shape index (κ3) is 9.51. The van der Waals surface area contributed by atoms with E-state index in [1.54, 1.807) is 47.6 Å². The molecule has 0 radical (unpaired) electrons. The van der Waals surface area contributed by atoms with Crippen LogP contribution < -0.4 is 10.6 Å². The van der Waals surface area contributed by atoms with Gasteiger partial charge in [-0.3, -0.25) is 14.4 Å². The van der Waals surface area contributed by atoms with Crippen LogP contribution in [0, 0.1) is 0 Å². The van der Waals surface area contributed by atoms with E-state index in [4.69, 9.17) is 37.1 Å². The standard InChI is InChI=1S/C36H35Cl2N3O10S2/c1-19(42)39-29(18-52)36(46)51-20(2)50-35(45)28(14-21-5-4-6-25(13-21)53(3,47)48)40-33(43)31-27(37)15-24-17-41(11-9-26(24)32(31)38)34(44)23-8-7-22-10-12-49-30(22)16-23/h4-8,10,12-13,15-16,20,28-29,52H,9,11,14,17-18H2,1-3H3,(H,39,42)(H,40,43)/t20?,28-,29-/m0/s1. The maximum Gasteiger partial charge on any atom is 0.332 e. The number of halogens is 2. The van der Waals surface area contributed by atoms with Crippen LogP contribution in [-0.4, -0.2) is 79.9 Å². The Morgan fingerprint density at radius 2 is 1.70 bits per heavy atom. The van der Waals surface area contributed by atoms with Crippen molar-refractivity contribution in [1.29, 1.82) is 0 Å². The minimum atomic E-state index is -3.61. The van der Waals surface area contributed by atoms with Crippen LogP contribution >= 0.6 is 35.8 Å². The highest BCUT2D eigenvalue weighted by atomic mass is 35.5. The van der Waals surface area contributed by atoms with Gasteiger partial charge in [0.2, 0.25) is 12.2 Å². The van der Waals surface area contributed by atoms with Gasteiger partial charge in [0.05, 0.1) is 26.8 Å². The van der Waals surface area contributed by atoms with Gasteiger partial charge in [-0.05, 0) is 59.5 Å². The van der Waals surface area contributed by atoms with Crippen LogP contribution in [0.4, 0.5) is 0 Å². The fourth-order valence-corrected chi connectivity index (χ4v) is 7.50. The van der Waals surface area contributed by atoms with Crippen molar-refractivity contribution in [3.8, 4) is 0 Å². The number of thiol groups is 1. The highest BCUT2D eigenvalue weighted by molar-refractivity contribution is 7.90. The molecule has 2 heterocycles. The lowest BCUT2D eigenvalue weighted by atomic mass is 9.95. The molecule has 3 aromatic carbocycles. The van der Waals surface area contributed by atoms with Gasteiger partial charge >= 0.3 is 11.9 Å². The molecule has 3 atom stereocenters. The summed E-state index contributed by atoms with van der Waals surface area (Å²) in [6, 6.07) is 11.8. The Labute approximate surface area is 320 Å². The summed E-state index contributed by atoms with van der Waals surface area (Å²) in [4.78, 5) is 66.4. The van der Waals surface area contributed by atoms with Crippen molar-refractivity contribution in [3.63, 3.8) is 0 Å².